The summed E-state index contributed by atoms with van der Waals surface area (Å²) in [7, 11) is 0. The summed E-state index contributed by atoms with van der Waals surface area (Å²) in [5, 5.41) is 18.7. The van der Waals surface area contributed by atoms with Crippen molar-refractivity contribution in [3.8, 4) is 22.6 Å². The van der Waals surface area contributed by atoms with E-state index in [-0.39, 0.29) is 49.5 Å². The molecule has 0 aliphatic rings. The van der Waals surface area contributed by atoms with Gasteiger partial charge in [-0.3, -0.25) is 14.4 Å². The van der Waals surface area contributed by atoms with E-state index < -0.39 is 30.3 Å². The van der Waals surface area contributed by atoms with E-state index in [1.54, 1.807) is 54.6 Å². The maximum absolute atomic E-state index is 14.8. The lowest BCUT2D eigenvalue weighted by molar-refractivity contribution is -0.261. The Morgan fingerprint density at radius 1 is 0.712 bits per heavy atom. The summed E-state index contributed by atoms with van der Waals surface area (Å²) in [5.41, 5.74) is 2.90. The van der Waals surface area contributed by atoms with Gasteiger partial charge in [-0.25, -0.2) is 14.3 Å². The number of nitrogens with zero attached hydrogens (tertiary/aromatic N) is 1. The van der Waals surface area contributed by atoms with Crippen molar-refractivity contribution in [1.29, 1.82) is 0 Å². The molecular formula is C40H42F3NO8. The molecule has 2 N–H and O–H groups in total. The van der Waals surface area contributed by atoms with Gasteiger partial charge in [-0.1, -0.05) is 73.5 Å². The van der Waals surface area contributed by atoms with Crippen LogP contribution in [0.4, 0.5) is 13.2 Å². The molecule has 0 spiro atoms. The Hall–Kier alpha value is -5.36. The Labute approximate surface area is 300 Å². The number of halogens is 3. The van der Waals surface area contributed by atoms with Gasteiger partial charge in [-0.15, -0.1) is 0 Å². The second-order valence-corrected chi connectivity index (χ2v) is 12.1. The first-order chi connectivity index (χ1) is 25.1. The molecule has 0 saturated heterocycles. The van der Waals surface area contributed by atoms with E-state index in [9.17, 15) is 32.7 Å². The zero-order chi connectivity index (χ0) is 37.3. The average Bonchev–Trinajstić information content (AvgIpc) is 3.12. The molecule has 52 heavy (non-hydrogen) atoms. The maximum Gasteiger partial charge on any atom is 0.365 e. The molecule has 0 atom stereocenters. The predicted molar refractivity (Wildman–Crippen MR) is 188 cm³/mol. The highest BCUT2D eigenvalue weighted by atomic mass is 19.3. The fraction of sp³-hybridized carbons (Fsp3) is 0.325. The molecule has 0 aliphatic carbocycles. The van der Waals surface area contributed by atoms with Crippen molar-refractivity contribution in [2.24, 2.45) is 0 Å². The lowest BCUT2D eigenvalue weighted by atomic mass is 9.97. The van der Waals surface area contributed by atoms with Crippen molar-refractivity contribution < 1.29 is 52.1 Å². The lowest BCUT2D eigenvalue weighted by Crippen LogP contribution is -2.32. The Bertz CT molecular complexity index is 1770. The summed E-state index contributed by atoms with van der Waals surface area (Å²) in [6.07, 6.45) is 4.34. The number of aliphatic carboxylic acids is 2. The van der Waals surface area contributed by atoms with Crippen LogP contribution in [-0.2, 0) is 33.8 Å². The number of benzene rings is 4. The van der Waals surface area contributed by atoms with E-state index in [1.807, 2.05) is 12.1 Å². The number of hydrogen-bond donors (Lipinski definition) is 2. The van der Waals surface area contributed by atoms with Crippen molar-refractivity contribution in [3.05, 3.63) is 119 Å². The molecule has 12 heteroatoms. The number of unbranched alkanes of at least 4 members (excludes halogenated alkanes) is 3. The molecule has 0 aliphatic heterocycles. The minimum absolute atomic E-state index is 0.0147. The molecule has 0 aromatic heterocycles. The number of carbonyl (C=O) groups is 3. The highest BCUT2D eigenvalue weighted by molar-refractivity contribution is 5.95. The normalized spacial score (nSPS) is 11.0. The van der Waals surface area contributed by atoms with E-state index in [4.69, 9.17) is 14.6 Å². The van der Waals surface area contributed by atoms with Gasteiger partial charge >= 0.3 is 18.6 Å². The Kier molecular flexibility index (Phi) is 15.5. The van der Waals surface area contributed by atoms with Gasteiger partial charge in [0, 0.05) is 24.0 Å². The molecule has 4 rings (SSSR count). The van der Waals surface area contributed by atoms with Crippen LogP contribution in [0, 0.1) is 5.82 Å². The smallest absolute Gasteiger partial charge is 0.365 e. The molecule has 0 unspecified atom stereocenters. The molecule has 4 aromatic carbocycles. The number of ether oxygens (including phenoxy) is 2. The van der Waals surface area contributed by atoms with E-state index in [0.29, 0.717) is 47.6 Å². The van der Waals surface area contributed by atoms with Crippen LogP contribution in [0.5, 0.6) is 11.5 Å². The molecule has 0 saturated carbocycles. The first-order valence-corrected chi connectivity index (χ1v) is 17.1. The summed E-state index contributed by atoms with van der Waals surface area (Å²) in [5.74, 6) is -2.36. The van der Waals surface area contributed by atoms with Crippen LogP contribution in [0.15, 0.2) is 91.0 Å². The first kappa shape index (κ1) is 39.4. The van der Waals surface area contributed by atoms with Gasteiger partial charge in [0.25, 0.3) is 5.91 Å². The quantitative estimate of drug-likeness (QED) is 0.0611. The largest absolute Gasteiger partial charge is 0.494 e. The Balaban J connectivity index is 1.39. The van der Waals surface area contributed by atoms with Crippen LogP contribution in [0.2, 0.25) is 0 Å². The Morgan fingerprint density at radius 2 is 1.42 bits per heavy atom. The molecular weight excluding hydrogens is 679 g/mol. The van der Waals surface area contributed by atoms with E-state index >= 15 is 0 Å². The van der Waals surface area contributed by atoms with Crippen LogP contribution < -0.4 is 9.47 Å². The van der Waals surface area contributed by atoms with Crippen LogP contribution in [0.1, 0.15) is 72.0 Å². The minimum Gasteiger partial charge on any atom is -0.494 e. The third kappa shape index (κ3) is 12.8. The summed E-state index contributed by atoms with van der Waals surface area (Å²) < 4.78 is 53.4. The molecule has 0 heterocycles. The predicted octanol–water partition coefficient (Wildman–Crippen LogP) is 8.73. The Morgan fingerprint density at radius 3 is 2.15 bits per heavy atom. The standard InChI is InChI=1S/C40H42F3NO8/c41-35-17-8-7-16-33(35)30-24-31(39(49)44(52-40(42)43)27-28-12-4-3-5-13-28)26-32(25-30)50-22-9-2-1-6-14-29-15-10-18-36(34(29)20-21-38(47)48)51-23-11-19-37(45)46/h3-5,7-8,10,12-13,15-18,24-26,40H,1-2,6,9,11,14,19-23,27H2,(H,45,46)(H,47,48). The van der Waals surface area contributed by atoms with Crippen LogP contribution in [0.25, 0.3) is 11.1 Å². The zero-order valence-electron chi connectivity index (χ0n) is 28.6. The van der Waals surface area contributed by atoms with Crippen molar-refractivity contribution in [2.75, 3.05) is 13.2 Å². The van der Waals surface area contributed by atoms with Gasteiger partial charge in [-0.05, 0) is 84.7 Å². The van der Waals surface area contributed by atoms with Crippen LogP contribution >= 0.6 is 0 Å². The molecule has 1 amide bonds. The summed E-state index contributed by atoms with van der Waals surface area (Å²) in [6, 6.07) is 24.6. The molecule has 9 nitrogen and oxygen atoms in total. The topological polar surface area (TPSA) is 123 Å². The van der Waals surface area contributed by atoms with Crippen molar-refractivity contribution in [1.82, 2.24) is 5.06 Å². The van der Waals surface area contributed by atoms with E-state index in [2.05, 4.69) is 4.84 Å². The number of rotatable bonds is 22. The number of amides is 1. The zero-order valence-corrected chi connectivity index (χ0v) is 28.6. The highest BCUT2D eigenvalue weighted by Gasteiger charge is 2.23. The molecule has 0 bridgehead atoms. The number of alkyl halides is 2. The number of carboxylic acid groups (broad SMARTS) is 2. The third-order valence-corrected chi connectivity index (χ3v) is 8.16. The lowest BCUT2D eigenvalue weighted by Gasteiger charge is -2.22. The van der Waals surface area contributed by atoms with Gasteiger partial charge in [0.1, 0.15) is 17.3 Å². The highest BCUT2D eigenvalue weighted by Crippen LogP contribution is 2.30. The number of hydroxylamine groups is 2. The van der Waals surface area contributed by atoms with Gasteiger partial charge in [-0.2, -0.15) is 8.78 Å². The van der Waals surface area contributed by atoms with Gasteiger partial charge in [0.05, 0.1) is 19.8 Å². The van der Waals surface area contributed by atoms with E-state index in [0.717, 1.165) is 30.4 Å². The molecule has 0 fully saturated rings. The number of carbonyl (C=O) groups excluding carboxylic acids is 1. The van der Waals surface area contributed by atoms with Crippen molar-refractivity contribution in [2.45, 2.75) is 70.9 Å². The summed E-state index contributed by atoms with van der Waals surface area (Å²) >= 11 is 0. The van der Waals surface area contributed by atoms with E-state index in [1.165, 1.54) is 24.3 Å². The van der Waals surface area contributed by atoms with Gasteiger partial charge in [0.2, 0.25) is 0 Å². The fourth-order valence-corrected chi connectivity index (χ4v) is 5.67. The molecule has 276 valence electrons. The van der Waals surface area contributed by atoms with Crippen LogP contribution in [-0.4, -0.2) is 52.9 Å². The SMILES string of the molecule is O=C(O)CCCOc1cccc(CCCCCCOc2cc(C(=O)N(Cc3ccccc3)OC(F)F)cc(-c3ccccc3F)c2)c1CCC(=O)O. The average molecular weight is 722 g/mol. The number of carboxylic acids is 2. The second kappa shape index (κ2) is 20.5. The second-order valence-electron chi connectivity index (χ2n) is 12.1. The minimum atomic E-state index is -3.25. The van der Waals surface area contributed by atoms with Gasteiger partial charge < -0.3 is 19.7 Å². The monoisotopic (exact) mass is 721 g/mol. The summed E-state index contributed by atoms with van der Waals surface area (Å²) in [4.78, 5) is 40.3. The molecule has 4 aromatic rings. The first-order valence-electron chi connectivity index (χ1n) is 17.1. The van der Waals surface area contributed by atoms with Crippen LogP contribution in [0.3, 0.4) is 0 Å². The summed E-state index contributed by atoms with van der Waals surface area (Å²) in [6.45, 7) is -3.00. The fourth-order valence-electron chi connectivity index (χ4n) is 5.67. The maximum atomic E-state index is 14.8. The third-order valence-electron chi connectivity index (χ3n) is 8.16. The number of hydrogen-bond acceptors (Lipinski definition) is 6. The van der Waals surface area contributed by atoms with Gasteiger partial charge in [0.15, 0.2) is 0 Å². The van der Waals surface area contributed by atoms with Crippen molar-refractivity contribution >= 4 is 17.8 Å². The number of aryl methyl sites for hydroxylation is 1. The molecule has 0 radical (unpaired) electrons. The van der Waals surface area contributed by atoms with Crippen molar-refractivity contribution in [3.63, 3.8) is 0 Å².